The summed E-state index contributed by atoms with van der Waals surface area (Å²) < 4.78 is 34.1. The van der Waals surface area contributed by atoms with Crippen LogP contribution in [0.4, 0.5) is 0 Å². The number of aliphatic hydroxyl groups excluding tert-OH is 5. The van der Waals surface area contributed by atoms with Crippen molar-refractivity contribution in [2.24, 2.45) is 0 Å². The molecule has 6 unspecified atom stereocenters. The van der Waals surface area contributed by atoms with Crippen molar-refractivity contribution in [1.29, 1.82) is 0 Å². The Hall–Kier alpha value is -0.920. The lowest BCUT2D eigenvalue weighted by atomic mass is 9.85. The molecule has 0 aromatic rings. The van der Waals surface area contributed by atoms with Gasteiger partial charge in [-0.15, -0.1) is 0 Å². The highest BCUT2D eigenvalue weighted by Gasteiger charge is 2.51. The molecule has 1 aliphatic carbocycles. The highest BCUT2D eigenvalue weighted by molar-refractivity contribution is 7.47. The second kappa shape index (κ2) is 36.7. The Morgan fingerprint density at radius 3 is 1.43 bits per heavy atom. The molecule has 6 atom stereocenters. The van der Waals surface area contributed by atoms with Gasteiger partial charge in [0.2, 0.25) is 0 Å². The number of esters is 1. The van der Waals surface area contributed by atoms with Gasteiger partial charge in [0.25, 0.3) is 0 Å². The molecular formula is C45H87O12P. The number of phosphoric ester groups is 1. The average Bonchev–Trinajstić information content (AvgIpc) is 3.21. The van der Waals surface area contributed by atoms with Gasteiger partial charge in [0.1, 0.15) is 42.7 Å². The van der Waals surface area contributed by atoms with Crippen LogP contribution in [0.1, 0.15) is 206 Å². The van der Waals surface area contributed by atoms with Crippen molar-refractivity contribution in [3.05, 3.63) is 12.2 Å². The normalized spacial score (nSPS) is 22.7. The monoisotopic (exact) mass is 851 g/mol. The third-order valence-corrected chi connectivity index (χ3v) is 12.1. The number of carbonyl (C=O) groups excluding carboxylic acids is 1. The molecule has 1 rings (SSSR count). The lowest BCUT2D eigenvalue weighted by molar-refractivity contribution is -0.220. The van der Waals surface area contributed by atoms with Gasteiger partial charge in [0.15, 0.2) is 0 Å². The standard InChI is InChI=1S/C45H87O12P/c1-3-5-7-9-11-13-15-16-17-18-19-20-21-22-23-24-25-27-29-31-33-35-54-36-38(56-39(46)34-32-30-28-26-14-12-10-8-6-4-2)37-55-58(52,53)57-45-43(50)41(48)40(47)42(49)44(45)51/h8,10,38,40-45,47-51H,3-7,9,11-37H2,1-2H3,(H,52,53)/b10-8-. The number of ether oxygens (including phenoxy) is 2. The number of carbonyl (C=O) groups is 1. The van der Waals surface area contributed by atoms with E-state index in [9.17, 15) is 39.8 Å². The summed E-state index contributed by atoms with van der Waals surface area (Å²) >= 11 is 0. The fraction of sp³-hybridized carbons (Fsp3) is 0.933. The molecule has 58 heavy (non-hydrogen) atoms. The van der Waals surface area contributed by atoms with E-state index in [1.165, 1.54) is 116 Å². The number of aliphatic hydroxyl groups is 5. The van der Waals surface area contributed by atoms with E-state index in [2.05, 4.69) is 26.0 Å². The van der Waals surface area contributed by atoms with Crippen LogP contribution in [0, 0.1) is 0 Å². The topological polar surface area (TPSA) is 192 Å². The van der Waals surface area contributed by atoms with Gasteiger partial charge in [0, 0.05) is 13.0 Å². The quantitative estimate of drug-likeness (QED) is 0.0148. The van der Waals surface area contributed by atoms with E-state index in [-0.39, 0.29) is 13.0 Å². The summed E-state index contributed by atoms with van der Waals surface area (Å²) in [5.41, 5.74) is 0. The predicted molar refractivity (Wildman–Crippen MR) is 230 cm³/mol. The van der Waals surface area contributed by atoms with Crippen LogP contribution < -0.4 is 0 Å². The Balaban J connectivity index is 2.30. The molecule has 13 heteroatoms. The van der Waals surface area contributed by atoms with E-state index in [1.54, 1.807) is 0 Å². The van der Waals surface area contributed by atoms with Crippen molar-refractivity contribution in [2.75, 3.05) is 19.8 Å². The zero-order valence-corrected chi connectivity index (χ0v) is 37.5. The van der Waals surface area contributed by atoms with Gasteiger partial charge in [-0.05, 0) is 32.1 Å². The van der Waals surface area contributed by atoms with Crippen LogP contribution in [0.2, 0.25) is 0 Å². The maximum Gasteiger partial charge on any atom is 0.472 e. The molecule has 1 aliphatic rings. The van der Waals surface area contributed by atoms with E-state index < -0.39 is 63.1 Å². The molecule has 0 aromatic heterocycles. The van der Waals surface area contributed by atoms with E-state index in [0.29, 0.717) is 13.0 Å². The molecule has 1 fully saturated rings. The van der Waals surface area contributed by atoms with Crippen molar-refractivity contribution in [2.45, 2.75) is 249 Å². The molecule has 0 spiro atoms. The molecular weight excluding hydrogens is 763 g/mol. The Kier molecular flexibility index (Phi) is 34.9. The Labute approximate surface area is 352 Å². The molecule has 0 aromatic carbocycles. The first-order valence-corrected chi connectivity index (χ1v) is 25.0. The minimum Gasteiger partial charge on any atom is -0.457 e. The minimum absolute atomic E-state index is 0.0746. The van der Waals surface area contributed by atoms with Crippen LogP contribution in [0.3, 0.4) is 0 Å². The van der Waals surface area contributed by atoms with E-state index in [1.807, 2.05) is 0 Å². The summed E-state index contributed by atoms with van der Waals surface area (Å²) in [4.78, 5) is 23.1. The maximum absolute atomic E-state index is 12.8. The molecule has 0 bridgehead atoms. The molecule has 0 radical (unpaired) electrons. The van der Waals surface area contributed by atoms with Gasteiger partial charge in [-0.1, -0.05) is 180 Å². The number of hydrogen-bond donors (Lipinski definition) is 6. The third kappa shape index (κ3) is 28.6. The van der Waals surface area contributed by atoms with Gasteiger partial charge in [-0.25, -0.2) is 4.57 Å². The lowest BCUT2D eigenvalue weighted by Crippen LogP contribution is -2.64. The molecule has 0 amide bonds. The summed E-state index contributed by atoms with van der Waals surface area (Å²) in [5, 5.41) is 50.1. The van der Waals surface area contributed by atoms with Crippen LogP contribution in [-0.4, -0.2) is 98.9 Å². The average molecular weight is 851 g/mol. The maximum atomic E-state index is 12.8. The van der Waals surface area contributed by atoms with Crippen molar-refractivity contribution in [1.82, 2.24) is 0 Å². The second-order valence-corrected chi connectivity index (χ2v) is 18.0. The highest BCUT2D eigenvalue weighted by Crippen LogP contribution is 2.47. The zero-order chi connectivity index (χ0) is 42.7. The summed E-state index contributed by atoms with van der Waals surface area (Å²) in [5.74, 6) is -0.485. The second-order valence-electron chi connectivity index (χ2n) is 16.6. The lowest BCUT2D eigenvalue weighted by Gasteiger charge is -2.41. The highest BCUT2D eigenvalue weighted by atomic mass is 31.2. The fourth-order valence-electron chi connectivity index (χ4n) is 7.36. The van der Waals surface area contributed by atoms with Gasteiger partial charge in [-0.2, -0.15) is 0 Å². The summed E-state index contributed by atoms with van der Waals surface area (Å²) in [6, 6.07) is 0. The fourth-order valence-corrected chi connectivity index (χ4v) is 8.33. The molecule has 1 saturated carbocycles. The third-order valence-electron chi connectivity index (χ3n) is 11.1. The Bertz CT molecular complexity index is 1020. The largest absolute Gasteiger partial charge is 0.472 e. The molecule has 0 heterocycles. The molecule has 12 nitrogen and oxygen atoms in total. The van der Waals surface area contributed by atoms with Crippen LogP contribution in [-0.2, 0) is 27.9 Å². The zero-order valence-electron chi connectivity index (χ0n) is 36.6. The number of unbranched alkanes of at least 4 members (excludes halogenated alkanes) is 26. The van der Waals surface area contributed by atoms with Gasteiger partial charge in [-0.3, -0.25) is 13.8 Å². The molecule has 6 N–H and O–H groups in total. The number of rotatable bonds is 40. The van der Waals surface area contributed by atoms with Crippen LogP contribution in [0.25, 0.3) is 0 Å². The minimum atomic E-state index is -5.01. The van der Waals surface area contributed by atoms with Crippen molar-refractivity contribution >= 4 is 13.8 Å². The summed E-state index contributed by atoms with van der Waals surface area (Å²) in [7, 11) is -5.01. The molecule has 0 saturated heterocycles. The van der Waals surface area contributed by atoms with E-state index in [0.717, 1.165) is 64.2 Å². The van der Waals surface area contributed by atoms with Crippen LogP contribution in [0.15, 0.2) is 12.2 Å². The van der Waals surface area contributed by atoms with E-state index in [4.69, 9.17) is 18.5 Å². The Morgan fingerprint density at radius 2 is 0.948 bits per heavy atom. The van der Waals surface area contributed by atoms with E-state index >= 15 is 0 Å². The van der Waals surface area contributed by atoms with Gasteiger partial charge in [0.05, 0.1) is 13.2 Å². The van der Waals surface area contributed by atoms with Gasteiger partial charge < -0.3 is 39.9 Å². The smallest absolute Gasteiger partial charge is 0.457 e. The summed E-state index contributed by atoms with van der Waals surface area (Å²) in [6.45, 7) is 4.21. The molecule has 0 aliphatic heterocycles. The van der Waals surface area contributed by atoms with Gasteiger partial charge >= 0.3 is 13.8 Å². The van der Waals surface area contributed by atoms with Crippen LogP contribution >= 0.6 is 7.82 Å². The SMILES string of the molecule is CCC/C=C\CCCCCCCC(=O)OC(COCCCCCCCCCCCCCCCCCCCCCCC)COP(=O)(O)OC1C(O)C(O)C(O)C(O)C1O. The predicted octanol–water partition coefficient (Wildman–Crippen LogP) is 9.53. The summed E-state index contributed by atoms with van der Waals surface area (Å²) in [6.07, 6.45) is 27.3. The number of hydrogen-bond acceptors (Lipinski definition) is 11. The van der Waals surface area contributed by atoms with Crippen molar-refractivity contribution in [3.8, 4) is 0 Å². The number of allylic oxidation sites excluding steroid dienone is 2. The molecule has 344 valence electrons. The first kappa shape index (κ1) is 55.1. The van der Waals surface area contributed by atoms with Crippen molar-refractivity contribution < 1.29 is 58.3 Å². The first-order chi connectivity index (χ1) is 28.0. The first-order valence-electron chi connectivity index (χ1n) is 23.5. The van der Waals surface area contributed by atoms with Crippen LogP contribution in [0.5, 0.6) is 0 Å². The number of phosphoric acid groups is 1. The van der Waals surface area contributed by atoms with Crippen molar-refractivity contribution in [3.63, 3.8) is 0 Å². The Morgan fingerprint density at radius 1 is 0.534 bits per heavy atom.